The van der Waals surface area contributed by atoms with Gasteiger partial charge in [0.2, 0.25) is 5.91 Å². The average molecular weight is 306 g/mol. The second-order valence-corrected chi connectivity index (χ2v) is 6.96. The Morgan fingerprint density at radius 2 is 2.06 bits per heavy atom. The molecule has 0 aromatic rings. The van der Waals surface area contributed by atoms with Crippen LogP contribution in [0, 0.1) is 11.3 Å². The van der Waals surface area contributed by atoms with Crippen molar-refractivity contribution in [1.82, 2.24) is 5.32 Å². The third-order valence-electron chi connectivity index (χ3n) is 3.72. The predicted molar refractivity (Wildman–Crippen MR) is 73.1 cm³/mol. The molecule has 1 aliphatic heterocycles. The van der Waals surface area contributed by atoms with E-state index < -0.39 is 0 Å². The van der Waals surface area contributed by atoms with Gasteiger partial charge in [-0.3, -0.25) is 4.79 Å². The molecule has 1 N–H and O–H groups in total. The lowest BCUT2D eigenvalue weighted by atomic mass is 9.98. The van der Waals surface area contributed by atoms with Crippen molar-refractivity contribution in [2.75, 3.05) is 23.4 Å². The summed E-state index contributed by atoms with van der Waals surface area (Å²) in [6.07, 6.45) is 5.72. The van der Waals surface area contributed by atoms with Crippen LogP contribution in [0.25, 0.3) is 0 Å². The lowest BCUT2D eigenvalue weighted by molar-refractivity contribution is -0.122. The van der Waals surface area contributed by atoms with Gasteiger partial charge in [-0.1, -0.05) is 15.9 Å². The maximum absolute atomic E-state index is 11.8. The highest BCUT2D eigenvalue weighted by atomic mass is 79.9. The number of hydrogen-bond donors (Lipinski definition) is 1. The molecule has 16 heavy (non-hydrogen) atoms. The first kappa shape index (κ1) is 12.7. The van der Waals surface area contributed by atoms with Gasteiger partial charge in [0, 0.05) is 18.3 Å². The maximum Gasteiger partial charge on any atom is 0.220 e. The van der Waals surface area contributed by atoms with Crippen molar-refractivity contribution in [3.63, 3.8) is 0 Å². The highest BCUT2D eigenvalue weighted by Crippen LogP contribution is 2.46. The van der Waals surface area contributed by atoms with Crippen molar-refractivity contribution in [2.24, 2.45) is 11.3 Å². The fraction of sp³-hybridized carbons (Fsp3) is 0.917. The Morgan fingerprint density at radius 1 is 1.38 bits per heavy atom. The van der Waals surface area contributed by atoms with Gasteiger partial charge in [0.1, 0.15) is 0 Å². The molecule has 0 radical (unpaired) electrons. The fourth-order valence-electron chi connectivity index (χ4n) is 2.11. The average Bonchev–Trinajstić information content (AvgIpc) is 3.09. The van der Waals surface area contributed by atoms with Gasteiger partial charge in [0.15, 0.2) is 0 Å². The van der Waals surface area contributed by atoms with Crippen molar-refractivity contribution in [3.8, 4) is 0 Å². The lowest BCUT2D eigenvalue weighted by Gasteiger charge is -2.21. The number of thioether (sulfide) groups is 1. The van der Waals surface area contributed by atoms with E-state index in [1.165, 1.54) is 37.2 Å². The van der Waals surface area contributed by atoms with Crippen LogP contribution in [0.2, 0.25) is 0 Å². The minimum atomic E-state index is 0.268. The van der Waals surface area contributed by atoms with Gasteiger partial charge >= 0.3 is 0 Å². The molecule has 2 nitrogen and oxygen atoms in total. The summed E-state index contributed by atoms with van der Waals surface area (Å²) in [4.78, 5) is 11.8. The van der Waals surface area contributed by atoms with Gasteiger partial charge in [-0.15, -0.1) is 0 Å². The van der Waals surface area contributed by atoms with Gasteiger partial charge in [-0.25, -0.2) is 0 Å². The van der Waals surface area contributed by atoms with E-state index in [0.29, 0.717) is 11.3 Å². The molecular weight excluding hydrogens is 286 g/mol. The number of carbonyl (C=O) groups is 1. The van der Waals surface area contributed by atoms with E-state index in [1.807, 2.05) is 11.8 Å². The molecule has 0 spiro atoms. The zero-order valence-electron chi connectivity index (χ0n) is 9.64. The molecule has 4 heteroatoms. The molecule has 92 valence electrons. The first-order chi connectivity index (χ1) is 7.74. The highest BCUT2D eigenvalue weighted by molar-refractivity contribution is 9.09. The number of amides is 1. The maximum atomic E-state index is 11.8. The Bertz CT molecular complexity index is 249. The molecule has 0 unspecified atom stereocenters. The van der Waals surface area contributed by atoms with Crippen LogP contribution in [0.3, 0.4) is 0 Å². The first-order valence-electron chi connectivity index (χ1n) is 6.14. The first-order valence-corrected chi connectivity index (χ1v) is 8.42. The van der Waals surface area contributed by atoms with Crippen LogP contribution < -0.4 is 5.32 Å². The topological polar surface area (TPSA) is 29.1 Å². The Hall–Kier alpha value is 0.300. The van der Waals surface area contributed by atoms with Crippen molar-refractivity contribution < 1.29 is 4.79 Å². The minimum absolute atomic E-state index is 0.268. The smallest absolute Gasteiger partial charge is 0.220 e. The van der Waals surface area contributed by atoms with Crippen LogP contribution in [0.5, 0.6) is 0 Å². The van der Waals surface area contributed by atoms with Gasteiger partial charge in [0.05, 0.1) is 0 Å². The van der Waals surface area contributed by atoms with E-state index in [4.69, 9.17) is 0 Å². The molecule has 1 aliphatic carbocycles. The molecule has 0 bridgehead atoms. The standard InChI is InChI=1S/C12H20BrNOS/c13-8-12(3-4-12)9-14-11(15)7-10-1-5-16-6-2-10/h10H,1-9H2,(H,14,15). The Morgan fingerprint density at radius 3 is 2.62 bits per heavy atom. The normalized spacial score (nSPS) is 24.1. The van der Waals surface area contributed by atoms with Crippen molar-refractivity contribution >= 4 is 33.6 Å². The van der Waals surface area contributed by atoms with Crippen molar-refractivity contribution in [2.45, 2.75) is 32.1 Å². The van der Waals surface area contributed by atoms with E-state index in [9.17, 15) is 4.79 Å². The molecule has 0 aromatic heterocycles. The summed E-state index contributed by atoms with van der Waals surface area (Å²) in [5, 5.41) is 4.14. The molecule has 2 rings (SSSR count). The molecule has 1 amide bonds. The summed E-state index contributed by atoms with van der Waals surface area (Å²) in [6.45, 7) is 0.874. The van der Waals surface area contributed by atoms with Gasteiger partial charge in [-0.05, 0) is 48.5 Å². The Kier molecular flexibility index (Phi) is 4.59. The van der Waals surface area contributed by atoms with E-state index >= 15 is 0 Å². The highest BCUT2D eigenvalue weighted by Gasteiger charge is 2.41. The molecule has 0 atom stereocenters. The summed E-state index contributed by atoms with van der Waals surface area (Å²) in [5.74, 6) is 3.39. The minimum Gasteiger partial charge on any atom is -0.356 e. The van der Waals surface area contributed by atoms with Gasteiger partial charge in [-0.2, -0.15) is 11.8 Å². The summed E-state index contributed by atoms with van der Waals surface area (Å²) in [6, 6.07) is 0. The van der Waals surface area contributed by atoms with Crippen molar-refractivity contribution in [1.29, 1.82) is 0 Å². The number of hydrogen-bond acceptors (Lipinski definition) is 2. The number of halogens is 1. The molecule has 2 fully saturated rings. The van der Waals surface area contributed by atoms with Crippen molar-refractivity contribution in [3.05, 3.63) is 0 Å². The number of rotatable bonds is 5. The summed E-state index contributed by atoms with van der Waals surface area (Å²) < 4.78 is 0. The summed E-state index contributed by atoms with van der Waals surface area (Å²) in [7, 11) is 0. The molecule has 1 saturated carbocycles. The quantitative estimate of drug-likeness (QED) is 0.791. The third-order valence-corrected chi connectivity index (χ3v) is 5.95. The third kappa shape index (κ3) is 3.66. The summed E-state index contributed by atoms with van der Waals surface area (Å²) in [5.41, 5.74) is 0.401. The molecule has 1 heterocycles. The molecular formula is C12H20BrNOS. The van der Waals surface area contributed by atoms with Crippen LogP contribution in [-0.4, -0.2) is 29.3 Å². The van der Waals surface area contributed by atoms with E-state index in [1.54, 1.807) is 0 Å². The zero-order chi connectivity index (χ0) is 11.4. The SMILES string of the molecule is O=C(CC1CCSCC1)NCC1(CBr)CC1. The van der Waals surface area contributed by atoms with Gasteiger partial charge < -0.3 is 5.32 Å². The molecule has 1 saturated heterocycles. The molecule has 0 aromatic carbocycles. The largest absolute Gasteiger partial charge is 0.356 e. The fourth-order valence-corrected chi connectivity index (χ4v) is 4.07. The summed E-state index contributed by atoms with van der Waals surface area (Å²) >= 11 is 5.55. The van der Waals surface area contributed by atoms with Crippen LogP contribution in [0.15, 0.2) is 0 Å². The molecule has 2 aliphatic rings. The number of alkyl halides is 1. The predicted octanol–water partition coefficient (Wildman–Crippen LogP) is 2.81. The van der Waals surface area contributed by atoms with Crippen LogP contribution in [-0.2, 0) is 4.79 Å². The monoisotopic (exact) mass is 305 g/mol. The van der Waals surface area contributed by atoms with Crippen LogP contribution in [0.4, 0.5) is 0 Å². The number of nitrogens with one attached hydrogen (secondary N) is 1. The Balaban J connectivity index is 1.64. The second kappa shape index (κ2) is 5.76. The van der Waals surface area contributed by atoms with E-state index in [0.717, 1.165) is 18.3 Å². The van der Waals surface area contributed by atoms with Crippen LogP contribution >= 0.6 is 27.7 Å². The van der Waals surface area contributed by atoms with Gasteiger partial charge in [0.25, 0.3) is 0 Å². The second-order valence-electron chi connectivity index (χ2n) is 5.17. The number of carbonyl (C=O) groups excluding carboxylic acids is 1. The van der Waals surface area contributed by atoms with Crippen LogP contribution in [0.1, 0.15) is 32.1 Å². The Labute approximate surface area is 110 Å². The van der Waals surface area contributed by atoms with E-state index in [2.05, 4.69) is 21.2 Å². The van der Waals surface area contributed by atoms with E-state index in [-0.39, 0.29) is 5.91 Å². The lowest BCUT2D eigenvalue weighted by Crippen LogP contribution is -2.32. The zero-order valence-corrected chi connectivity index (χ0v) is 12.0.